The average Bonchev–Trinajstić information content (AvgIpc) is 2.63. The molecule has 3 nitrogen and oxygen atoms in total. The van der Waals surface area contributed by atoms with Gasteiger partial charge in [0.15, 0.2) is 0 Å². The number of hydrogen-bond donors (Lipinski definition) is 1. The molecule has 0 radical (unpaired) electrons. The molecule has 1 fully saturated rings. The van der Waals surface area contributed by atoms with E-state index in [0.717, 1.165) is 25.3 Å². The zero-order valence-corrected chi connectivity index (χ0v) is 13.0. The Hall–Kier alpha value is -0.930. The second kappa shape index (κ2) is 7.75. The predicted molar refractivity (Wildman–Crippen MR) is 84.5 cm³/mol. The van der Waals surface area contributed by atoms with Gasteiger partial charge in [-0.2, -0.15) is 0 Å². The zero-order valence-electron chi connectivity index (χ0n) is 13.0. The molecule has 20 heavy (non-hydrogen) atoms. The number of aryl methyl sites for hydroxylation is 1. The van der Waals surface area contributed by atoms with Crippen LogP contribution < -0.4 is 5.73 Å². The summed E-state index contributed by atoms with van der Waals surface area (Å²) < 4.78 is 0. The van der Waals surface area contributed by atoms with Crippen LogP contribution in [-0.4, -0.2) is 29.0 Å². The van der Waals surface area contributed by atoms with Crippen LogP contribution in [0.3, 0.4) is 0 Å². The van der Waals surface area contributed by atoms with E-state index in [1.807, 2.05) is 0 Å². The summed E-state index contributed by atoms with van der Waals surface area (Å²) in [5.74, 6) is 0.655. The van der Waals surface area contributed by atoms with E-state index in [9.17, 15) is 0 Å². The fourth-order valence-corrected chi connectivity index (χ4v) is 3.19. The first-order valence-corrected chi connectivity index (χ1v) is 8.09. The van der Waals surface area contributed by atoms with Crippen molar-refractivity contribution < 1.29 is 0 Å². The Morgan fingerprint density at radius 2 is 2.05 bits per heavy atom. The molecule has 0 bridgehead atoms. The van der Waals surface area contributed by atoms with Gasteiger partial charge in [-0.1, -0.05) is 32.3 Å². The summed E-state index contributed by atoms with van der Waals surface area (Å²) in [6.07, 6.45) is 6.50. The van der Waals surface area contributed by atoms with Gasteiger partial charge < -0.3 is 5.73 Å². The lowest BCUT2D eigenvalue weighted by atomic mass is 9.95. The maximum atomic E-state index is 6.36. The third-order valence-corrected chi connectivity index (χ3v) is 4.49. The van der Waals surface area contributed by atoms with E-state index in [1.165, 1.54) is 37.8 Å². The van der Waals surface area contributed by atoms with Crippen LogP contribution in [0.5, 0.6) is 0 Å². The molecule has 0 aromatic carbocycles. The molecule has 112 valence electrons. The molecular formula is C17H29N3. The first kappa shape index (κ1) is 15.5. The molecule has 1 aromatic rings. The van der Waals surface area contributed by atoms with Crippen molar-refractivity contribution in [1.29, 1.82) is 0 Å². The number of pyridine rings is 1. The Balaban J connectivity index is 1.94. The molecule has 0 amide bonds. The highest BCUT2D eigenvalue weighted by Crippen LogP contribution is 2.23. The van der Waals surface area contributed by atoms with Gasteiger partial charge in [-0.3, -0.25) is 9.88 Å². The van der Waals surface area contributed by atoms with Crippen molar-refractivity contribution in [2.45, 2.75) is 58.5 Å². The van der Waals surface area contributed by atoms with Crippen LogP contribution in [0.1, 0.15) is 50.4 Å². The second-order valence-corrected chi connectivity index (χ2v) is 6.16. The molecule has 2 rings (SSSR count). The minimum absolute atomic E-state index is 0.386. The highest BCUT2D eigenvalue weighted by molar-refractivity contribution is 5.09. The van der Waals surface area contributed by atoms with E-state index in [2.05, 4.69) is 41.9 Å². The number of aromatic nitrogens is 1. The topological polar surface area (TPSA) is 42.2 Å². The molecule has 0 aliphatic heterocycles. The highest BCUT2D eigenvalue weighted by Gasteiger charge is 2.22. The van der Waals surface area contributed by atoms with Crippen molar-refractivity contribution in [2.24, 2.45) is 11.7 Å². The minimum atomic E-state index is 0.386. The van der Waals surface area contributed by atoms with Gasteiger partial charge in [0.2, 0.25) is 0 Å². The van der Waals surface area contributed by atoms with Crippen molar-refractivity contribution in [3.05, 3.63) is 29.6 Å². The summed E-state index contributed by atoms with van der Waals surface area (Å²) in [6.45, 7) is 7.42. The van der Waals surface area contributed by atoms with Crippen molar-refractivity contribution in [3.8, 4) is 0 Å². The smallest absolute Gasteiger partial charge is 0.0547 e. The van der Waals surface area contributed by atoms with Crippen molar-refractivity contribution in [1.82, 2.24) is 9.88 Å². The van der Waals surface area contributed by atoms with Crippen molar-refractivity contribution in [3.63, 3.8) is 0 Å². The van der Waals surface area contributed by atoms with E-state index in [4.69, 9.17) is 5.73 Å². The Bertz CT molecular complexity index is 405. The van der Waals surface area contributed by atoms with Crippen LogP contribution in [0.4, 0.5) is 0 Å². The predicted octanol–water partition coefficient (Wildman–Crippen LogP) is 3.12. The van der Waals surface area contributed by atoms with Crippen LogP contribution >= 0.6 is 0 Å². The fourth-order valence-electron chi connectivity index (χ4n) is 3.19. The third-order valence-electron chi connectivity index (χ3n) is 4.49. The summed E-state index contributed by atoms with van der Waals surface area (Å²) in [5.41, 5.74) is 8.63. The minimum Gasteiger partial charge on any atom is -0.327 e. The summed E-state index contributed by atoms with van der Waals surface area (Å²) in [6, 6.07) is 6.67. The molecular weight excluding hydrogens is 246 g/mol. The van der Waals surface area contributed by atoms with Gasteiger partial charge in [0.05, 0.1) is 5.69 Å². The lowest BCUT2D eigenvalue weighted by molar-refractivity contribution is 0.206. The average molecular weight is 275 g/mol. The lowest BCUT2D eigenvalue weighted by Crippen LogP contribution is -2.38. The lowest BCUT2D eigenvalue weighted by Gasteiger charge is -2.29. The SMILES string of the molecule is CCN(Cc1cccc(C)n1)CC1CCCCCC1N. The van der Waals surface area contributed by atoms with E-state index >= 15 is 0 Å². The van der Waals surface area contributed by atoms with Gasteiger partial charge in [-0.25, -0.2) is 0 Å². The van der Waals surface area contributed by atoms with Gasteiger partial charge >= 0.3 is 0 Å². The molecule has 1 aromatic heterocycles. The molecule has 0 spiro atoms. The quantitative estimate of drug-likeness (QED) is 0.840. The summed E-state index contributed by atoms with van der Waals surface area (Å²) in [4.78, 5) is 7.12. The Labute approximate surface area is 123 Å². The molecule has 2 unspecified atom stereocenters. The molecule has 1 aliphatic rings. The van der Waals surface area contributed by atoms with Gasteiger partial charge in [0, 0.05) is 24.8 Å². The molecule has 3 heteroatoms. The fraction of sp³-hybridized carbons (Fsp3) is 0.706. The zero-order chi connectivity index (χ0) is 14.4. The van der Waals surface area contributed by atoms with Gasteiger partial charge in [-0.15, -0.1) is 0 Å². The maximum Gasteiger partial charge on any atom is 0.0547 e. The van der Waals surface area contributed by atoms with Crippen LogP contribution in [0.2, 0.25) is 0 Å². The van der Waals surface area contributed by atoms with Crippen molar-refractivity contribution >= 4 is 0 Å². The molecule has 2 atom stereocenters. The second-order valence-electron chi connectivity index (χ2n) is 6.16. The molecule has 1 saturated carbocycles. The first-order chi connectivity index (χ1) is 9.69. The number of nitrogens with two attached hydrogens (primary N) is 1. The van der Waals surface area contributed by atoms with Crippen LogP contribution in [0.15, 0.2) is 18.2 Å². The van der Waals surface area contributed by atoms with E-state index in [-0.39, 0.29) is 0 Å². The van der Waals surface area contributed by atoms with Gasteiger partial charge in [0.1, 0.15) is 0 Å². The maximum absolute atomic E-state index is 6.36. The third kappa shape index (κ3) is 4.57. The van der Waals surface area contributed by atoms with Crippen LogP contribution in [-0.2, 0) is 6.54 Å². The normalized spacial score (nSPS) is 23.8. The molecule has 1 aliphatic carbocycles. The van der Waals surface area contributed by atoms with Crippen molar-refractivity contribution in [2.75, 3.05) is 13.1 Å². The van der Waals surface area contributed by atoms with Gasteiger partial charge in [-0.05, 0) is 44.4 Å². The Morgan fingerprint density at radius 1 is 1.25 bits per heavy atom. The summed E-state index contributed by atoms with van der Waals surface area (Å²) in [5, 5.41) is 0. The Morgan fingerprint density at radius 3 is 2.80 bits per heavy atom. The largest absolute Gasteiger partial charge is 0.327 e. The summed E-state index contributed by atoms with van der Waals surface area (Å²) >= 11 is 0. The van der Waals surface area contributed by atoms with Gasteiger partial charge in [0.25, 0.3) is 0 Å². The van der Waals surface area contributed by atoms with E-state index < -0.39 is 0 Å². The Kier molecular flexibility index (Phi) is 5.99. The highest BCUT2D eigenvalue weighted by atomic mass is 15.1. The van der Waals surface area contributed by atoms with Crippen LogP contribution in [0.25, 0.3) is 0 Å². The van der Waals surface area contributed by atoms with E-state index in [1.54, 1.807) is 0 Å². The number of hydrogen-bond acceptors (Lipinski definition) is 3. The standard InChI is InChI=1S/C17H29N3/c1-3-20(13-16-10-7-8-14(2)19-16)12-15-9-5-4-6-11-17(15)18/h7-8,10,15,17H,3-6,9,11-13,18H2,1-2H3. The first-order valence-electron chi connectivity index (χ1n) is 8.09. The number of rotatable bonds is 5. The van der Waals surface area contributed by atoms with E-state index in [0.29, 0.717) is 12.0 Å². The number of nitrogens with zero attached hydrogens (tertiary/aromatic N) is 2. The molecule has 2 N–H and O–H groups in total. The monoisotopic (exact) mass is 275 g/mol. The molecule has 0 saturated heterocycles. The van der Waals surface area contributed by atoms with Crippen LogP contribution in [0, 0.1) is 12.8 Å². The summed E-state index contributed by atoms with van der Waals surface area (Å²) in [7, 11) is 0. The molecule has 1 heterocycles.